The van der Waals surface area contributed by atoms with Crippen molar-refractivity contribution in [1.29, 1.82) is 0 Å². The highest BCUT2D eigenvalue weighted by atomic mass is 35.5. The van der Waals surface area contributed by atoms with Crippen molar-refractivity contribution in [2.75, 3.05) is 0 Å². The van der Waals surface area contributed by atoms with E-state index in [1.807, 2.05) is 279 Å². The van der Waals surface area contributed by atoms with E-state index in [0.717, 1.165) is 149 Å². The number of para-hydroxylation sites is 2. The van der Waals surface area contributed by atoms with Gasteiger partial charge in [0, 0.05) is 82.6 Å². The first-order valence-corrected chi connectivity index (χ1v) is 42.7. The molecule has 22 aromatic rings. The predicted molar refractivity (Wildman–Crippen MR) is 514 cm³/mol. The second kappa shape index (κ2) is 33.9. The summed E-state index contributed by atoms with van der Waals surface area (Å²) in [5.41, 5.74) is 16.8. The summed E-state index contributed by atoms with van der Waals surface area (Å²) < 4.78 is 26.8. The molecule has 6 aromatic heterocycles. The summed E-state index contributed by atoms with van der Waals surface area (Å²) in [4.78, 5) is 58.4. The topological polar surface area (TPSA) is 199 Å². The highest BCUT2D eigenvalue weighted by molar-refractivity contribution is 6.67. The molecule has 128 heavy (non-hydrogen) atoms. The van der Waals surface area contributed by atoms with E-state index in [9.17, 15) is 0 Å². The molecule has 0 bridgehead atoms. The summed E-state index contributed by atoms with van der Waals surface area (Å²) >= 11 is 5.99. The quantitative estimate of drug-likeness (QED) is 0.0930. The van der Waals surface area contributed by atoms with Gasteiger partial charge in [-0.15, -0.1) is 0 Å². The number of aromatic nitrogens is 12. The summed E-state index contributed by atoms with van der Waals surface area (Å²) in [5.74, 6) is 6.50. The van der Waals surface area contributed by atoms with Gasteiger partial charge in [-0.25, -0.2) is 49.8 Å². The van der Waals surface area contributed by atoms with Crippen LogP contribution in [0.1, 0.15) is 27.7 Å². The maximum absolute atomic E-state index is 6.78. The molecule has 23 rings (SSSR count). The van der Waals surface area contributed by atoms with Gasteiger partial charge in [0.1, 0.15) is 22.3 Å². The SMILES string of the molecule is CC1(C)OB(c2c(-c3ccc(-c4nc(-c5ccccc5)nc(-c5ccccc5)n4)c4ccccc34)ccc3c2oc2ccccc23)OC1(C)C.Clc1nc(-c2ccccc2)nc(-c2ccccc2)n1.c1ccc(-c2nc(-c3ccccc3)nc(-c3ccc(-c4ccc5c(oc6ccccc65)c4-c4nc(-c5ccccc5)nc(-c5ccccc5)n4)c4ccccc34)n2)cc1. The minimum atomic E-state index is -0.636. The van der Waals surface area contributed by atoms with Gasteiger partial charge >= 0.3 is 7.12 Å². The molecule has 610 valence electrons. The van der Waals surface area contributed by atoms with E-state index in [1.54, 1.807) is 0 Å². The lowest BCUT2D eigenvalue weighted by atomic mass is 9.72. The fourth-order valence-electron chi connectivity index (χ4n) is 16.5. The van der Waals surface area contributed by atoms with Crippen LogP contribution in [-0.4, -0.2) is 78.1 Å². The van der Waals surface area contributed by atoms with Crippen LogP contribution in [0.2, 0.25) is 5.28 Å². The Kier molecular flexibility index (Phi) is 21.0. The molecular weight excluding hydrogens is 1600 g/mol. The van der Waals surface area contributed by atoms with Crippen LogP contribution < -0.4 is 5.46 Å². The smallest absolute Gasteiger partial charge is 0.456 e. The number of hydrogen-bond acceptors (Lipinski definition) is 16. The number of rotatable bonds is 14. The molecule has 18 heteroatoms. The first-order chi connectivity index (χ1) is 62.8. The number of hydrogen-bond donors (Lipinski definition) is 0. The van der Waals surface area contributed by atoms with Crippen LogP contribution in [0.25, 0.3) is 213 Å². The Balaban J connectivity index is 0.000000130. The highest BCUT2D eigenvalue weighted by Gasteiger charge is 2.53. The molecule has 16 aromatic carbocycles. The molecular formula is C110H76BClN12O4. The van der Waals surface area contributed by atoms with Crippen LogP contribution in [0.15, 0.2) is 397 Å². The van der Waals surface area contributed by atoms with E-state index in [1.165, 1.54) is 0 Å². The molecule has 1 fully saturated rings. The van der Waals surface area contributed by atoms with E-state index in [4.69, 9.17) is 74.6 Å². The second-order valence-corrected chi connectivity index (χ2v) is 32.4. The zero-order chi connectivity index (χ0) is 86.2. The summed E-state index contributed by atoms with van der Waals surface area (Å²) in [5, 5.41) is 8.39. The Morgan fingerprint density at radius 2 is 0.438 bits per heavy atom. The maximum atomic E-state index is 6.78. The largest absolute Gasteiger partial charge is 0.499 e. The Labute approximate surface area is 742 Å². The van der Waals surface area contributed by atoms with E-state index >= 15 is 0 Å². The molecule has 0 aliphatic carbocycles. The zero-order valence-electron chi connectivity index (χ0n) is 69.9. The van der Waals surface area contributed by atoms with Gasteiger partial charge in [-0.2, -0.15) is 9.97 Å². The van der Waals surface area contributed by atoms with Crippen LogP contribution in [0.3, 0.4) is 0 Å². The first kappa shape index (κ1) is 79.2. The Morgan fingerprint density at radius 1 is 0.203 bits per heavy atom. The van der Waals surface area contributed by atoms with Crippen molar-refractivity contribution in [1.82, 2.24) is 59.8 Å². The Hall–Kier alpha value is -16.0. The lowest BCUT2D eigenvalue weighted by Crippen LogP contribution is -2.41. The fourth-order valence-corrected chi connectivity index (χ4v) is 16.7. The first-order valence-electron chi connectivity index (χ1n) is 42.3. The number of halogens is 1. The third kappa shape index (κ3) is 15.4. The van der Waals surface area contributed by atoms with Crippen molar-refractivity contribution in [2.45, 2.75) is 38.9 Å². The third-order valence-corrected chi connectivity index (χ3v) is 23.7. The van der Waals surface area contributed by atoms with Crippen LogP contribution in [0.5, 0.6) is 0 Å². The molecule has 0 unspecified atom stereocenters. The molecule has 1 aliphatic heterocycles. The molecule has 0 amide bonds. The summed E-state index contributed by atoms with van der Waals surface area (Å²) in [6.07, 6.45) is 0. The van der Waals surface area contributed by atoms with Gasteiger partial charge < -0.3 is 18.1 Å². The fraction of sp³-hybridized carbons (Fsp3) is 0.0545. The molecule has 0 atom stereocenters. The summed E-state index contributed by atoms with van der Waals surface area (Å²) in [6, 6.07) is 130. The molecule has 1 aliphatic rings. The monoisotopic (exact) mass is 1670 g/mol. The number of fused-ring (bicyclic) bond motifs is 8. The summed E-state index contributed by atoms with van der Waals surface area (Å²) in [7, 11) is -0.636. The van der Waals surface area contributed by atoms with Crippen LogP contribution >= 0.6 is 11.6 Å². The molecule has 0 radical (unpaired) electrons. The molecule has 7 heterocycles. The van der Waals surface area contributed by atoms with Crippen LogP contribution in [0, 0.1) is 0 Å². The Morgan fingerprint density at radius 3 is 0.773 bits per heavy atom. The molecule has 0 N–H and O–H groups in total. The van der Waals surface area contributed by atoms with Gasteiger partial charge in [-0.3, -0.25) is 0 Å². The predicted octanol–water partition coefficient (Wildman–Crippen LogP) is 26.5. The van der Waals surface area contributed by atoms with Crippen molar-refractivity contribution in [3.05, 3.63) is 394 Å². The van der Waals surface area contributed by atoms with Crippen molar-refractivity contribution in [2.24, 2.45) is 0 Å². The van der Waals surface area contributed by atoms with Crippen molar-refractivity contribution >= 4 is 89.6 Å². The third-order valence-electron chi connectivity index (χ3n) is 23.5. The van der Waals surface area contributed by atoms with Gasteiger partial charge in [0.2, 0.25) is 5.28 Å². The van der Waals surface area contributed by atoms with Gasteiger partial charge in [-0.05, 0) is 119 Å². The van der Waals surface area contributed by atoms with Crippen molar-refractivity contribution in [3.8, 4) is 148 Å². The minimum absolute atomic E-state index is 0.202. The zero-order valence-corrected chi connectivity index (χ0v) is 70.7. The number of nitrogens with zero attached hydrogens (tertiary/aromatic N) is 12. The lowest BCUT2D eigenvalue weighted by Gasteiger charge is -2.32. The van der Waals surface area contributed by atoms with Crippen molar-refractivity contribution < 1.29 is 18.1 Å². The summed E-state index contributed by atoms with van der Waals surface area (Å²) in [6.45, 7) is 8.32. The van der Waals surface area contributed by atoms with E-state index in [2.05, 4.69) is 152 Å². The lowest BCUT2D eigenvalue weighted by molar-refractivity contribution is 0.00578. The van der Waals surface area contributed by atoms with Crippen LogP contribution in [-0.2, 0) is 9.31 Å². The average Bonchev–Trinajstić information content (AvgIpc) is 1.51. The second-order valence-electron chi connectivity index (χ2n) is 32.1. The van der Waals surface area contributed by atoms with Gasteiger partial charge in [0.15, 0.2) is 64.1 Å². The maximum Gasteiger partial charge on any atom is 0.499 e. The van der Waals surface area contributed by atoms with E-state index in [-0.39, 0.29) is 5.28 Å². The number of benzene rings is 16. The van der Waals surface area contributed by atoms with Gasteiger partial charge in [0.05, 0.1) is 16.8 Å². The normalized spacial score (nSPS) is 12.8. The van der Waals surface area contributed by atoms with Gasteiger partial charge in [-0.1, -0.05) is 352 Å². The molecule has 16 nitrogen and oxygen atoms in total. The molecule has 0 spiro atoms. The van der Waals surface area contributed by atoms with Gasteiger partial charge in [0.25, 0.3) is 0 Å². The average molecular weight is 1680 g/mol. The number of furan rings is 2. The van der Waals surface area contributed by atoms with E-state index < -0.39 is 18.3 Å². The van der Waals surface area contributed by atoms with Crippen LogP contribution in [0.4, 0.5) is 0 Å². The minimum Gasteiger partial charge on any atom is -0.456 e. The van der Waals surface area contributed by atoms with Crippen molar-refractivity contribution in [3.63, 3.8) is 0 Å². The molecule has 0 saturated carbocycles. The Bertz CT molecular complexity index is 7650. The highest BCUT2D eigenvalue weighted by Crippen LogP contribution is 2.47. The van der Waals surface area contributed by atoms with E-state index in [0.29, 0.717) is 69.7 Å². The molecule has 1 saturated heterocycles. The standard InChI is InChI=1S/C52H32N6O.C43H34BN3O3.C15H10ClN3/c1-5-17-33(18-6-1)47-53-48(34-19-7-2-8-20-34)56-51(55-47)43-32-29-39(37-25-13-14-26-38(37)43)41-30-31-42-40-27-15-16-28-44(40)59-46(42)45(41)52-57-49(35-21-9-3-10-22-35)54-50(58-52)36-23-11-4-12-24-36;1-42(2)43(3,4)50-44(49-42)37-33(24-25-34-32-21-13-14-22-36(32)48-38(34)37)31-23-26-35(30-20-12-11-19-29(30)31)41-46-39(27-15-7-5-8-16-27)45-40(47-41)28-17-9-6-10-18-28;16-15-18-13(11-7-3-1-4-8-11)17-14(19-15)12-9-5-2-6-10-12/h1-32H;5-26H,1-4H3;1-10H.